The second kappa shape index (κ2) is 8.65. The molecule has 0 saturated carbocycles. The van der Waals surface area contributed by atoms with E-state index in [4.69, 9.17) is 10.00 Å². The molecule has 0 aliphatic carbocycles. The van der Waals surface area contributed by atoms with E-state index in [0.29, 0.717) is 23.8 Å². The highest BCUT2D eigenvalue weighted by Gasteiger charge is 2.21. The summed E-state index contributed by atoms with van der Waals surface area (Å²) in [6.45, 7) is 3.87. The molecule has 2 aromatic rings. The van der Waals surface area contributed by atoms with Crippen molar-refractivity contribution in [2.45, 2.75) is 25.5 Å². The monoisotopic (exact) mass is 340 g/mol. The normalized spacial score (nSPS) is 17.1. The molecule has 1 N–H and O–H groups in total. The van der Waals surface area contributed by atoms with Crippen LogP contribution in [0.25, 0.3) is 0 Å². The molecule has 1 unspecified atom stereocenters. The van der Waals surface area contributed by atoms with Gasteiger partial charge in [-0.25, -0.2) is 0 Å². The summed E-state index contributed by atoms with van der Waals surface area (Å²) in [6.07, 6.45) is 5.57. The lowest BCUT2D eigenvalue weighted by molar-refractivity contribution is 0.0534. The van der Waals surface area contributed by atoms with Crippen LogP contribution in [0.2, 0.25) is 0 Å². The first-order chi connectivity index (χ1) is 12.2. The Labute approximate surface area is 148 Å². The maximum absolute atomic E-state index is 10.2. The molecule has 2 heterocycles. The van der Waals surface area contributed by atoms with Gasteiger partial charge in [0.1, 0.15) is 18.5 Å². The van der Waals surface area contributed by atoms with E-state index < -0.39 is 6.10 Å². The fourth-order valence-corrected chi connectivity index (χ4v) is 3.19. The number of aliphatic hydroxyl groups is 1. The Bertz CT molecular complexity index is 670. The van der Waals surface area contributed by atoms with Crippen LogP contribution in [-0.4, -0.2) is 52.1 Å². The third-order valence-electron chi connectivity index (χ3n) is 4.61. The van der Waals surface area contributed by atoms with Crippen molar-refractivity contribution in [2.24, 2.45) is 5.92 Å². The lowest BCUT2D eigenvalue weighted by Crippen LogP contribution is -2.41. The zero-order valence-electron chi connectivity index (χ0n) is 14.3. The molecular weight excluding hydrogens is 316 g/mol. The van der Waals surface area contributed by atoms with Crippen molar-refractivity contribution in [3.63, 3.8) is 0 Å². The molecular formula is C19H24N4O2. The molecule has 0 spiro atoms. The largest absolute Gasteiger partial charge is 0.491 e. The molecule has 25 heavy (non-hydrogen) atoms. The molecule has 0 radical (unpaired) electrons. The highest BCUT2D eigenvalue weighted by Crippen LogP contribution is 2.19. The number of ether oxygens (including phenoxy) is 1. The molecule has 0 amide bonds. The molecule has 132 valence electrons. The van der Waals surface area contributed by atoms with E-state index in [9.17, 15) is 5.11 Å². The summed E-state index contributed by atoms with van der Waals surface area (Å²) in [5.41, 5.74) is 0.603. The number of hydrogen-bond acceptors (Lipinski definition) is 5. The van der Waals surface area contributed by atoms with Gasteiger partial charge in [0.25, 0.3) is 0 Å². The van der Waals surface area contributed by atoms with Gasteiger partial charge in [0.2, 0.25) is 0 Å². The van der Waals surface area contributed by atoms with Gasteiger partial charge in [0.05, 0.1) is 11.6 Å². The third-order valence-corrected chi connectivity index (χ3v) is 4.61. The molecule has 0 bridgehead atoms. The Hall–Kier alpha value is -2.36. The second-order valence-electron chi connectivity index (χ2n) is 6.57. The highest BCUT2D eigenvalue weighted by atomic mass is 16.5. The number of aliphatic hydroxyl groups excluding tert-OH is 1. The van der Waals surface area contributed by atoms with Gasteiger partial charge < -0.3 is 14.7 Å². The lowest BCUT2D eigenvalue weighted by atomic mass is 9.96. The van der Waals surface area contributed by atoms with Gasteiger partial charge in [-0.1, -0.05) is 0 Å². The van der Waals surface area contributed by atoms with E-state index in [-0.39, 0.29) is 6.61 Å². The SMILES string of the molecule is N#Cc1ccc(OCC(O)CN2CCC(Cn3cccn3)CC2)cc1. The Kier molecular flexibility index (Phi) is 6.04. The van der Waals surface area contributed by atoms with Crippen molar-refractivity contribution in [3.8, 4) is 11.8 Å². The van der Waals surface area contributed by atoms with Crippen molar-refractivity contribution >= 4 is 0 Å². The smallest absolute Gasteiger partial charge is 0.119 e. The lowest BCUT2D eigenvalue weighted by Gasteiger charge is -2.33. The van der Waals surface area contributed by atoms with Crippen LogP contribution in [0.4, 0.5) is 0 Å². The molecule has 1 aliphatic rings. The summed E-state index contributed by atoms with van der Waals surface area (Å²) in [7, 11) is 0. The molecule has 1 fully saturated rings. The van der Waals surface area contributed by atoms with E-state index in [0.717, 1.165) is 32.5 Å². The predicted molar refractivity (Wildman–Crippen MR) is 94.0 cm³/mol. The van der Waals surface area contributed by atoms with Gasteiger partial charge in [-0.2, -0.15) is 10.4 Å². The first-order valence-electron chi connectivity index (χ1n) is 8.74. The van der Waals surface area contributed by atoms with Gasteiger partial charge in [0, 0.05) is 25.5 Å². The number of nitrogens with zero attached hydrogens (tertiary/aromatic N) is 4. The van der Waals surface area contributed by atoms with Gasteiger partial charge in [0.15, 0.2) is 0 Å². The van der Waals surface area contributed by atoms with Crippen LogP contribution in [0.5, 0.6) is 5.75 Å². The first kappa shape index (κ1) is 17.5. The minimum absolute atomic E-state index is 0.263. The number of hydrogen-bond donors (Lipinski definition) is 1. The average molecular weight is 340 g/mol. The zero-order chi connectivity index (χ0) is 17.5. The van der Waals surface area contributed by atoms with Crippen LogP contribution in [0.15, 0.2) is 42.7 Å². The molecule has 1 atom stereocenters. The van der Waals surface area contributed by atoms with Crippen LogP contribution in [-0.2, 0) is 6.54 Å². The summed E-state index contributed by atoms with van der Waals surface area (Å²) in [5, 5.41) is 23.3. The Morgan fingerprint density at radius 2 is 2.04 bits per heavy atom. The van der Waals surface area contributed by atoms with Crippen molar-refractivity contribution in [3.05, 3.63) is 48.3 Å². The number of nitriles is 1. The number of β-amino-alcohol motifs (C(OH)–C–C–N with tert-alkyl or cyclic N) is 1. The fraction of sp³-hybridized carbons (Fsp3) is 0.474. The summed E-state index contributed by atoms with van der Waals surface area (Å²) in [5.74, 6) is 1.33. The van der Waals surface area contributed by atoms with Crippen LogP contribution >= 0.6 is 0 Å². The number of benzene rings is 1. The van der Waals surface area contributed by atoms with E-state index in [1.165, 1.54) is 0 Å². The average Bonchev–Trinajstić information content (AvgIpc) is 3.15. The number of piperidine rings is 1. The van der Waals surface area contributed by atoms with E-state index >= 15 is 0 Å². The fourth-order valence-electron chi connectivity index (χ4n) is 3.19. The summed E-state index contributed by atoms with van der Waals surface area (Å²) >= 11 is 0. The molecule has 6 nitrogen and oxygen atoms in total. The van der Waals surface area contributed by atoms with Crippen molar-refractivity contribution in [1.29, 1.82) is 5.26 Å². The summed E-state index contributed by atoms with van der Waals surface area (Å²) in [4.78, 5) is 2.30. The quantitative estimate of drug-likeness (QED) is 0.833. The zero-order valence-corrected chi connectivity index (χ0v) is 14.3. The van der Waals surface area contributed by atoms with Crippen molar-refractivity contribution < 1.29 is 9.84 Å². The molecule has 3 rings (SSSR count). The number of aromatic nitrogens is 2. The van der Waals surface area contributed by atoms with E-state index in [1.807, 2.05) is 23.1 Å². The standard InChI is InChI=1S/C19H24N4O2/c20-12-16-2-4-19(5-3-16)25-15-18(24)14-22-10-6-17(7-11-22)13-23-9-1-8-21-23/h1-5,8-9,17-18,24H,6-7,10-11,13-15H2. The Morgan fingerprint density at radius 1 is 1.28 bits per heavy atom. The van der Waals surface area contributed by atoms with Crippen LogP contribution in [0.1, 0.15) is 18.4 Å². The maximum Gasteiger partial charge on any atom is 0.119 e. The van der Waals surface area contributed by atoms with Gasteiger partial charge in [-0.15, -0.1) is 0 Å². The molecule has 1 aromatic heterocycles. The van der Waals surface area contributed by atoms with E-state index in [1.54, 1.807) is 24.3 Å². The topological polar surface area (TPSA) is 74.3 Å². The summed E-state index contributed by atoms with van der Waals surface area (Å²) in [6, 6.07) is 11.0. The first-order valence-corrected chi connectivity index (χ1v) is 8.74. The van der Waals surface area contributed by atoms with Crippen LogP contribution < -0.4 is 4.74 Å². The highest BCUT2D eigenvalue weighted by molar-refractivity contribution is 5.34. The molecule has 1 saturated heterocycles. The Morgan fingerprint density at radius 3 is 2.68 bits per heavy atom. The number of rotatable bonds is 7. The van der Waals surface area contributed by atoms with Crippen molar-refractivity contribution in [1.82, 2.24) is 14.7 Å². The molecule has 6 heteroatoms. The molecule has 1 aliphatic heterocycles. The maximum atomic E-state index is 10.2. The van der Waals surface area contributed by atoms with Gasteiger partial charge >= 0.3 is 0 Å². The summed E-state index contributed by atoms with van der Waals surface area (Å²) < 4.78 is 7.60. The van der Waals surface area contributed by atoms with Gasteiger partial charge in [-0.05, 0) is 62.2 Å². The molecule has 1 aromatic carbocycles. The minimum Gasteiger partial charge on any atom is -0.491 e. The van der Waals surface area contributed by atoms with Crippen LogP contribution in [0.3, 0.4) is 0 Å². The second-order valence-corrected chi connectivity index (χ2v) is 6.57. The van der Waals surface area contributed by atoms with Gasteiger partial charge in [-0.3, -0.25) is 4.68 Å². The third kappa shape index (κ3) is 5.31. The van der Waals surface area contributed by atoms with Crippen molar-refractivity contribution in [2.75, 3.05) is 26.2 Å². The van der Waals surface area contributed by atoms with E-state index in [2.05, 4.69) is 16.1 Å². The van der Waals surface area contributed by atoms with Crippen LogP contribution in [0, 0.1) is 17.2 Å². The number of likely N-dealkylation sites (tertiary alicyclic amines) is 1. The Balaban J connectivity index is 1.35. The minimum atomic E-state index is -0.515. The predicted octanol–water partition coefficient (Wildman–Crippen LogP) is 1.91.